The summed E-state index contributed by atoms with van der Waals surface area (Å²) in [7, 11) is 0. The summed E-state index contributed by atoms with van der Waals surface area (Å²) in [4.78, 5) is 17.1. The van der Waals surface area contributed by atoms with Crippen LogP contribution in [0.1, 0.15) is 11.1 Å². The number of anilines is 1. The Balaban J connectivity index is 1.45. The first kappa shape index (κ1) is 21.9. The predicted molar refractivity (Wildman–Crippen MR) is 131 cm³/mol. The number of ether oxygens (including phenoxy) is 2. The Labute approximate surface area is 202 Å². The number of aromatic nitrogens is 3. The SMILES string of the molecule is N#CC(=Cc1cn(Cc2ccccc2)nc1-c1cccnc1)C(=O)Nc1ccc2c(c1)OCCO2. The minimum Gasteiger partial charge on any atom is -0.486 e. The number of benzene rings is 2. The summed E-state index contributed by atoms with van der Waals surface area (Å²) >= 11 is 0. The molecule has 0 aliphatic carbocycles. The van der Waals surface area contributed by atoms with Crippen LogP contribution in [0.3, 0.4) is 0 Å². The van der Waals surface area contributed by atoms with Gasteiger partial charge < -0.3 is 14.8 Å². The molecule has 0 bridgehead atoms. The minimum atomic E-state index is -0.530. The number of hydrogen-bond acceptors (Lipinski definition) is 6. The number of nitriles is 1. The van der Waals surface area contributed by atoms with Crippen LogP contribution in [0.2, 0.25) is 0 Å². The third-order valence-electron chi connectivity index (χ3n) is 5.38. The first-order chi connectivity index (χ1) is 17.2. The van der Waals surface area contributed by atoms with Crippen molar-refractivity contribution in [3.8, 4) is 28.8 Å². The monoisotopic (exact) mass is 463 g/mol. The summed E-state index contributed by atoms with van der Waals surface area (Å²) in [6, 6.07) is 20.8. The third kappa shape index (κ3) is 5.04. The number of nitrogens with one attached hydrogen (secondary N) is 1. The Kier molecular flexibility index (Phi) is 6.22. The number of rotatable bonds is 6. The van der Waals surface area contributed by atoms with Crippen LogP contribution in [0, 0.1) is 11.3 Å². The van der Waals surface area contributed by atoms with Gasteiger partial charge in [-0.2, -0.15) is 10.4 Å². The van der Waals surface area contributed by atoms with E-state index in [4.69, 9.17) is 14.6 Å². The number of carbonyl (C=O) groups excluding carboxylic acids is 1. The molecule has 35 heavy (non-hydrogen) atoms. The van der Waals surface area contributed by atoms with Gasteiger partial charge in [-0.05, 0) is 35.9 Å². The summed E-state index contributed by atoms with van der Waals surface area (Å²) in [6.07, 6.45) is 6.75. The molecule has 0 fully saturated rings. The fourth-order valence-electron chi connectivity index (χ4n) is 3.74. The van der Waals surface area contributed by atoms with Crippen molar-refractivity contribution in [2.75, 3.05) is 18.5 Å². The van der Waals surface area contributed by atoms with Gasteiger partial charge in [0.05, 0.1) is 6.54 Å². The Morgan fingerprint density at radius 1 is 1.09 bits per heavy atom. The molecule has 1 N–H and O–H groups in total. The zero-order valence-electron chi connectivity index (χ0n) is 18.7. The Bertz CT molecular complexity index is 1420. The van der Waals surface area contributed by atoms with Crippen LogP contribution in [0.4, 0.5) is 5.69 Å². The van der Waals surface area contributed by atoms with Crippen molar-refractivity contribution in [3.63, 3.8) is 0 Å². The van der Waals surface area contributed by atoms with Crippen LogP contribution >= 0.6 is 0 Å². The molecule has 172 valence electrons. The maximum absolute atomic E-state index is 12.9. The van der Waals surface area contributed by atoms with Gasteiger partial charge in [0.2, 0.25) is 0 Å². The van der Waals surface area contributed by atoms with Gasteiger partial charge in [-0.3, -0.25) is 14.5 Å². The number of amides is 1. The summed E-state index contributed by atoms with van der Waals surface area (Å²) < 4.78 is 12.9. The van der Waals surface area contributed by atoms with E-state index in [0.29, 0.717) is 48.2 Å². The molecular weight excluding hydrogens is 442 g/mol. The normalized spacial score (nSPS) is 12.6. The summed E-state index contributed by atoms with van der Waals surface area (Å²) in [6.45, 7) is 1.47. The van der Waals surface area contributed by atoms with Crippen molar-refractivity contribution in [1.82, 2.24) is 14.8 Å². The number of carbonyl (C=O) groups is 1. The second-order valence-corrected chi connectivity index (χ2v) is 7.84. The van der Waals surface area contributed by atoms with Crippen LogP contribution in [-0.2, 0) is 11.3 Å². The molecule has 1 aliphatic heterocycles. The molecule has 8 heteroatoms. The molecule has 2 aromatic heterocycles. The lowest BCUT2D eigenvalue weighted by Gasteiger charge is -2.18. The van der Waals surface area contributed by atoms with Crippen molar-refractivity contribution in [3.05, 3.63) is 96.0 Å². The van der Waals surface area contributed by atoms with E-state index in [1.165, 1.54) is 0 Å². The van der Waals surface area contributed by atoms with E-state index in [2.05, 4.69) is 10.3 Å². The molecule has 1 aliphatic rings. The highest BCUT2D eigenvalue weighted by atomic mass is 16.6. The lowest BCUT2D eigenvalue weighted by Crippen LogP contribution is -2.17. The van der Waals surface area contributed by atoms with Crippen LogP contribution in [0.25, 0.3) is 17.3 Å². The van der Waals surface area contributed by atoms with E-state index < -0.39 is 5.91 Å². The van der Waals surface area contributed by atoms with Gasteiger partial charge >= 0.3 is 0 Å². The molecule has 2 aromatic carbocycles. The van der Waals surface area contributed by atoms with E-state index in [0.717, 1.165) is 11.1 Å². The fraction of sp³-hybridized carbons (Fsp3) is 0.111. The van der Waals surface area contributed by atoms with Gasteiger partial charge in [-0.1, -0.05) is 30.3 Å². The maximum atomic E-state index is 12.9. The van der Waals surface area contributed by atoms with Crippen LogP contribution in [0.5, 0.6) is 11.5 Å². The van der Waals surface area contributed by atoms with Crippen LogP contribution in [-0.4, -0.2) is 33.9 Å². The van der Waals surface area contributed by atoms with Crippen molar-refractivity contribution in [2.24, 2.45) is 0 Å². The van der Waals surface area contributed by atoms with Gasteiger partial charge in [0.15, 0.2) is 11.5 Å². The summed E-state index contributed by atoms with van der Waals surface area (Å²) in [5.74, 6) is 0.645. The quantitative estimate of drug-likeness (QED) is 0.338. The molecule has 3 heterocycles. The maximum Gasteiger partial charge on any atom is 0.266 e. The van der Waals surface area contributed by atoms with Gasteiger partial charge in [0, 0.05) is 41.5 Å². The topological polar surface area (TPSA) is 102 Å². The molecule has 0 unspecified atom stereocenters. The van der Waals surface area contributed by atoms with Gasteiger partial charge in [-0.15, -0.1) is 0 Å². The smallest absolute Gasteiger partial charge is 0.266 e. The number of hydrogen-bond donors (Lipinski definition) is 1. The average molecular weight is 463 g/mol. The molecule has 0 radical (unpaired) electrons. The molecule has 8 nitrogen and oxygen atoms in total. The lowest BCUT2D eigenvalue weighted by atomic mass is 10.1. The zero-order valence-corrected chi connectivity index (χ0v) is 18.7. The first-order valence-corrected chi connectivity index (χ1v) is 11.0. The Morgan fingerprint density at radius 2 is 1.91 bits per heavy atom. The molecule has 0 spiro atoms. The second-order valence-electron chi connectivity index (χ2n) is 7.84. The van der Waals surface area contributed by atoms with Crippen LogP contribution < -0.4 is 14.8 Å². The van der Waals surface area contributed by atoms with E-state index in [1.54, 1.807) is 41.4 Å². The summed E-state index contributed by atoms with van der Waals surface area (Å²) in [5.41, 5.74) is 3.60. The molecule has 5 rings (SSSR count). The molecule has 1 amide bonds. The highest BCUT2D eigenvalue weighted by Gasteiger charge is 2.17. The van der Waals surface area contributed by atoms with Crippen LogP contribution in [0.15, 0.2) is 84.8 Å². The largest absolute Gasteiger partial charge is 0.486 e. The second kappa shape index (κ2) is 9.93. The van der Waals surface area contributed by atoms with Crippen molar-refractivity contribution >= 4 is 17.7 Å². The molecule has 0 saturated heterocycles. The number of pyridine rings is 1. The molecular formula is C27H21N5O3. The molecule has 0 atom stereocenters. The standard InChI is InChI=1S/C27H21N5O3/c28-15-21(27(33)30-23-8-9-24-25(14-23)35-12-11-34-24)13-22-18-32(17-19-5-2-1-3-6-19)31-26(22)20-7-4-10-29-16-20/h1-10,13-14,16,18H,11-12,17H2,(H,30,33). The average Bonchev–Trinajstić information content (AvgIpc) is 3.30. The van der Waals surface area contributed by atoms with Crippen molar-refractivity contribution in [2.45, 2.75) is 6.54 Å². The number of nitrogens with zero attached hydrogens (tertiary/aromatic N) is 4. The molecule has 0 saturated carbocycles. The van der Waals surface area contributed by atoms with Crippen molar-refractivity contribution < 1.29 is 14.3 Å². The minimum absolute atomic E-state index is 0.0516. The molecule has 4 aromatic rings. The van der Waals surface area contributed by atoms with Gasteiger partial charge in [0.25, 0.3) is 5.91 Å². The van der Waals surface area contributed by atoms with E-state index in [1.807, 2.05) is 54.7 Å². The van der Waals surface area contributed by atoms with Crippen molar-refractivity contribution in [1.29, 1.82) is 5.26 Å². The van der Waals surface area contributed by atoms with E-state index in [-0.39, 0.29) is 5.57 Å². The Morgan fingerprint density at radius 3 is 2.69 bits per heavy atom. The predicted octanol–water partition coefficient (Wildman–Crippen LogP) is 4.31. The van der Waals surface area contributed by atoms with Gasteiger partial charge in [0.1, 0.15) is 30.6 Å². The zero-order chi connectivity index (χ0) is 24.0. The Hall–Kier alpha value is -4.90. The highest BCUT2D eigenvalue weighted by Crippen LogP contribution is 2.33. The van der Waals surface area contributed by atoms with Gasteiger partial charge in [-0.25, -0.2) is 0 Å². The highest BCUT2D eigenvalue weighted by molar-refractivity contribution is 6.10. The number of fused-ring (bicyclic) bond motifs is 1. The third-order valence-corrected chi connectivity index (χ3v) is 5.38. The summed E-state index contributed by atoms with van der Waals surface area (Å²) in [5, 5.41) is 17.2. The lowest BCUT2D eigenvalue weighted by molar-refractivity contribution is -0.112. The van der Waals surface area contributed by atoms with E-state index in [9.17, 15) is 10.1 Å². The first-order valence-electron chi connectivity index (χ1n) is 11.0. The fourth-order valence-corrected chi connectivity index (χ4v) is 3.74. The van der Waals surface area contributed by atoms with E-state index >= 15 is 0 Å².